The highest BCUT2D eigenvalue weighted by Crippen LogP contribution is 2.28. The number of hydrogen-bond acceptors (Lipinski definition) is 4. The molecule has 27 heavy (non-hydrogen) atoms. The molecule has 2 aromatic rings. The van der Waals surface area contributed by atoms with E-state index < -0.39 is 5.97 Å². The average molecular weight is 365 g/mol. The third-order valence-corrected chi connectivity index (χ3v) is 4.66. The molecule has 1 aliphatic rings. The predicted octanol–water partition coefficient (Wildman–Crippen LogP) is 4.17. The fraction of sp³-hybridized carbons (Fsp3) is 0.318. The second kappa shape index (κ2) is 6.99. The summed E-state index contributed by atoms with van der Waals surface area (Å²) < 4.78 is 5.52. The van der Waals surface area contributed by atoms with Gasteiger partial charge in [0.2, 0.25) is 11.8 Å². The van der Waals surface area contributed by atoms with Crippen LogP contribution in [-0.2, 0) is 15.0 Å². The van der Waals surface area contributed by atoms with Crippen molar-refractivity contribution in [3.63, 3.8) is 0 Å². The van der Waals surface area contributed by atoms with E-state index >= 15 is 0 Å². The quantitative estimate of drug-likeness (QED) is 0.465. The Morgan fingerprint density at radius 3 is 2.07 bits per heavy atom. The van der Waals surface area contributed by atoms with Gasteiger partial charge in [-0.25, -0.2) is 4.79 Å². The van der Waals surface area contributed by atoms with E-state index in [1.54, 1.807) is 24.3 Å². The molecular weight excluding hydrogens is 342 g/mol. The number of rotatable bonds is 3. The largest absolute Gasteiger partial charge is 0.423 e. The van der Waals surface area contributed by atoms with Gasteiger partial charge < -0.3 is 4.74 Å². The summed E-state index contributed by atoms with van der Waals surface area (Å²) in [6, 6.07) is 12.1. The standard InChI is InChI=1S/C22H23NO4/c1-14-13-16(22(2,3)4)7-10-18(14)27-21(26)15-5-8-17(9-6-15)23-19(24)11-12-20(23)25/h5-10,13H,11-12H2,1-4H3. The molecule has 0 radical (unpaired) electrons. The Hall–Kier alpha value is -2.95. The van der Waals surface area contributed by atoms with Gasteiger partial charge in [-0.1, -0.05) is 32.9 Å². The third-order valence-electron chi connectivity index (χ3n) is 4.66. The number of imide groups is 1. The molecule has 5 nitrogen and oxygen atoms in total. The van der Waals surface area contributed by atoms with Gasteiger partial charge in [0.05, 0.1) is 11.3 Å². The maximum Gasteiger partial charge on any atom is 0.343 e. The summed E-state index contributed by atoms with van der Waals surface area (Å²) in [6.07, 6.45) is 0.457. The van der Waals surface area contributed by atoms with Crippen molar-refractivity contribution in [2.45, 2.75) is 46.0 Å². The number of carbonyl (C=O) groups is 3. The average Bonchev–Trinajstić information content (AvgIpc) is 2.94. The first-order valence-corrected chi connectivity index (χ1v) is 8.96. The van der Waals surface area contributed by atoms with Crippen LogP contribution in [0.25, 0.3) is 0 Å². The zero-order chi connectivity index (χ0) is 19.8. The molecule has 2 aromatic carbocycles. The maximum absolute atomic E-state index is 12.4. The van der Waals surface area contributed by atoms with Crippen LogP contribution in [-0.4, -0.2) is 17.8 Å². The lowest BCUT2D eigenvalue weighted by Gasteiger charge is -2.20. The first kappa shape index (κ1) is 18.8. The van der Waals surface area contributed by atoms with Crippen LogP contribution in [0.4, 0.5) is 5.69 Å². The van der Waals surface area contributed by atoms with E-state index in [4.69, 9.17) is 4.74 Å². The zero-order valence-electron chi connectivity index (χ0n) is 16.0. The number of benzene rings is 2. The Morgan fingerprint density at radius 2 is 1.56 bits per heavy atom. The summed E-state index contributed by atoms with van der Waals surface area (Å²) >= 11 is 0. The molecule has 1 heterocycles. The zero-order valence-corrected chi connectivity index (χ0v) is 16.0. The minimum absolute atomic E-state index is 0.0214. The molecule has 0 saturated carbocycles. The second-order valence-electron chi connectivity index (χ2n) is 7.79. The fourth-order valence-electron chi connectivity index (χ4n) is 3.00. The second-order valence-corrected chi connectivity index (χ2v) is 7.79. The highest BCUT2D eigenvalue weighted by Gasteiger charge is 2.30. The minimum atomic E-state index is -0.479. The lowest BCUT2D eigenvalue weighted by Crippen LogP contribution is -2.28. The summed E-state index contributed by atoms with van der Waals surface area (Å²) in [4.78, 5) is 37.2. The Balaban J connectivity index is 1.75. The monoisotopic (exact) mass is 365 g/mol. The molecular formula is C22H23NO4. The van der Waals surface area contributed by atoms with Crippen LogP contribution in [0.2, 0.25) is 0 Å². The van der Waals surface area contributed by atoms with Gasteiger partial charge in [-0.2, -0.15) is 0 Å². The maximum atomic E-state index is 12.4. The molecule has 0 unspecified atom stereocenters. The van der Waals surface area contributed by atoms with Gasteiger partial charge in [-0.15, -0.1) is 0 Å². The Bertz CT molecular complexity index is 891. The topological polar surface area (TPSA) is 63.7 Å². The third kappa shape index (κ3) is 3.92. The highest BCUT2D eigenvalue weighted by molar-refractivity contribution is 6.19. The summed E-state index contributed by atoms with van der Waals surface area (Å²) in [5.74, 6) is -0.399. The molecule has 2 amide bonds. The van der Waals surface area contributed by atoms with Gasteiger partial charge in [0.25, 0.3) is 0 Å². The number of ether oxygens (including phenoxy) is 1. The molecule has 0 aromatic heterocycles. The number of hydrogen-bond donors (Lipinski definition) is 0. The van der Waals surface area contributed by atoms with Crippen LogP contribution < -0.4 is 9.64 Å². The molecule has 1 fully saturated rings. The Labute approximate surface area is 158 Å². The molecule has 5 heteroatoms. The van der Waals surface area contributed by atoms with Crippen molar-refractivity contribution >= 4 is 23.5 Å². The lowest BCUT2D eigenvalue weighted by atomic mass is 9.86. The number of aryl methyl sites for hydroxylation is 1. The van der Waals surface area contributed by atoms with Crippen molar-refractivity contribution in [3.8, 4) is 5.75 Å². The fourth-order valence-corrected chi connectivity index (χ4v) is 3.00. The van der Waals surface area contributed by atoms with Crippen LogP contribution >= 0.6 is 0 Å². The van der Waals surface area contributed by atoms with Gasteiger partial charge in [0.1, 0.15) is 5.75 Å². The van der Waals surface area contributed by atoms with E-state index in [2.05, 4.69) is 20.8 Å². The molecule has 0 atom stereocenters. The minimum Gasteiger partial charge on any atom is -0.423 e. The summed E-state index contributed by atoms with van der Waals surface area (Å²) in [5, 5.41) is 0. The van der Waals surface area contributed by atoms with E-state index in [0.29, 0.717) is 17.0 Å². The van der Waals surface area contributed by atoms with Crippen molar-refractivity contribution in [2.75, 3.05) is 4.90 Å². The Morgan fingerprint density at radius 1 is 0.963 bits per heavy atom. The van der Waals surface area contributed by atoms with Crippen molar-refractivity contribution in [1.82, 2.24) is 0 Å². The number of esters is 1. The van der Waals surface area contributed by atoms with Crippen molar-refractivity contribution in [3.05, 3.63) is 59.2 Å². The first-order valence-electron chi connectivity index (χ1n) is 8.96. The molecule has 1 aliphatic heterocycles. The van der Waals surface area contributed by atoms with Gasteiger partial charge in [-0.3, -0.25) is 14.5 Å². The predicted molar refractivity (Wildman–Crippen MR) is 103 cm³/mol. The van der Waals surface area contributed by atoms with Gasteiger partial charge in [0.15, 0.2) is 0 Å². The van der Waals surface area contributed by atoms with E-state index in [1.807, 2.05) is 25.1 Å². The normalized spacial score (nSPS) is 14.6. The molecule has 0 N–H and O–H groups in total. The van der Waals surface area contributed by atoms with E-state index in [0.717, 1.165) is 10.5 Å². The molecule has 140 valence electrons. The number of anilines is 1. The van der Waals surface area contributed by atoms with E-state index in [-0.39, 0.29) is 30.1 Å². The van der Waals surface area contributed by atoms with Crippen LogP contribution in [0.1, 0.15) is 55.1 Å². The first-order chi connectivity index (χ1) is 12.7. The summed E-state index contributed by atoms with van der Waals surface area (Å²) in [7, 11) is 0. The van der Waals surface area contributed by atoms with Crippen LogP contribution in [0.3, 0.4) is 0 Å². The van der Waals surface area contributed by atoms with Crippen LogP contribution in [0, 0.1) is 6.92 Å². The van der Waals surface area contributed by atoms with Crippen LogP contribution in [0.5, 0.6) is 5.75 Å². The van der Waals surface area contributed by atoms with E-state index in [9.17, 15) is 14.4 Å². The highest BCUT2D eigenvalue weighted by atomic mass is 16.5. The van der Waals surface area contributed by atoms with Gasteiger partial charge in [-0.05, 0) is 53.8 Å². The number of amides is 2. The van der Waals surface area contributed by atoms with Gasteiger partial charge in [0, 0.05) is 12.8 Å². The van der Waals surface area contributed by atoms with Crippen molar-refractivity contribution < 1.29 is 19.1 Å². The van der Waals surface area contributed by atoms with Crippen LogP contribution in [0.15, 0.2) is 42.5 Å². The summed E-state index contributed by atoms with van der Waals surface area (Å²) in [6.45, 7) is 8.30. The van der Waals surface area contributed by atoms with Gasteiger partial charge >= 0.3 is 5.97 Å². The van der Waals surface area contributed by atoms with E-state index in [1.165, 1.54) is 5.56 Å². The molecule has 3 rings (SSSR count). The number of nitrogens with zero attached hydrogens (tertiary/aromatic N) is 1. The number of carbonyl (C=O) groups excluding carboxylic acids is 3. The van der Waals surface area contributed by atoms with Crippen molar-refractivity contribution in [2.24, 2.45) is 0 Å². The molecule has 0 bridgehead atoms. The molecule has 0 aliphatic carbocycles. The lowest BCUT2D eigenvalue weighted by molar-refractivity contribution is -0.121. The smallest absolute Gasteiger partial charge is 0.343 e. The molecule has 1 saturated heterocycles. The summed E-state index contributed by atoms with van der Waals surface area (Å²) in [5.41, 5.74) is 2.92. The SMILES string of the molecule is Cc1cc(C(C)(C)C)ccc1OC(=O)c1ccc(N2C(=O)CCC2=O)cc1. The molecule has 0 spiro atoms. The Kier molecular flexibility index (Phi) is 4.87. The van der Waals surface area contributed by atoms with Crippen molar-refractivity contribution in [1.29, 1.82) is 0 Å².